The molecule has 3 aromatic rings. The van der Waals surface area contributed by atoms with Gasteiger partial charge in [-0.1, -0.05) is 23.8 Å². The number of hydrogen-bond acceptors (Lipinski definition) is 3. The van der Waals surface area contributed by atoms with Crippen LogP contribution in [0.4, 0.5) is 11.4 Å². The van der Waals surface area contributed by atoms with Crippen LogP contribution in [0.25, 0.3) is 0 Å². The van der Waals surface area contributed by atoms with E-state index in [1.807, 2.05) is 63.2 Å². The van der Waals surface area contributed by atoms with Crippen molar-refractivity contribution in [3.8, 4) is 0 Å². The van der Waals surface area contributed by atoms with Crippen LogP contribution in [0.1, 0.15) is 39.0 Å². The van der Waals surface area contributed by atoms with Gasteiger partial charge in [0.1, 0.15) is 0 Å². The zero-order chi connectivity index (χ0) is 22.2. The van der Waals surface area contributed by atoms with E-state index in [4.69, 9.17) is 0 Å². The molecule has 0 aliphatic carbocycles. The van der Waals surface area contributed by atoms with E-state index in [0.29, 0.717) is 17.8 Å². The van der Waals surface area contributed by atoms with Crippen LogP contribution in [-0.2, 0) is 16.4 Å². The van der Waals surface area contributed by atoms with Gasteiger partial charge < -0.3 is 4.90 Å². The van der Waals surface area contributed by atoms with Crippen molar-refractivity contribution < 1.29 is 13.2 Å². The molecule has 1 amide bonds. The number of anilines is 2. The molecule has 6 heteroatoms. The van der Waals surface area contributed by atoms with Gasteiger partial charge in [-0.15, -0.1) is 0 Å². The van der Waals surface area contributed by atoms with E-state index in [1.54, 1.807) is 23.1 Å². The fourth-order valence-electron chi connectivity index (χ4n) is 4.05. The zero-order valence-corrected chi connectivity index (χ0v) is 18.8. The summed E-state index contributed by atoms with van der Waals surface area (Å²) in [6.45, 7) is 6.47. The number of nitrogens with zero attached hydrogens (tertiary/aromatic N) is 1. The second-order valence-electron chi connectivity index (χ2n) is 8.20. The highest BCUT2D eigenvalue weighted by Crippen LogP contribution is 2.31. The van der Waals surface area contributed by atoms with Crippen molar-refractivity contribution >= 4 is 27.3 Å². The summed E-state index contributed by atoms with van der Waals surface area (Å²) in [5.74, 6) is -0.0649. The van der Waals surface area contributed by atoms with Crippen LogP contribution in [-0.4, -0.2) is 20.9 Å². The van der Waals surface area contributed by atoms with Gasteiger partial charge in [0.25, 0.3) is 15.9 Å². The first-order valence-corrected chi connectivity index (χ1v) is 11.8. The van der Waals surface area contributed by atoms with E-state index >= 15 is 0 Å². The molecule has 1 N–H and O–H groups in total. The highest BCUT2D eigenvalue weighted by molar-refractivity contribution is 7.92. The van der Waals surface area contributed by atoms with E-state index in [0.717, 1.165) is 40.8 Å². The molecule has 0 saturated carbocycles. The van der Waals surface area contributed by atoms with Gasteiger partial charge in [-0.05, 0) is 92.8 Å². The van der Waals surface area contributed by atoms with E-state index < -0.39 is 10.0 Å². The Balaban J connectivity index is 1.63. The molecule has 0 bridgehead atoms. The minimum absolute atomic E-state index is 0.0649. The van der Waals surface area contributed by atoms with Gasteiger partial charge >= 0.3 is 0 Å². The number of rotatable bonds is 4. The molecule has 1 aliphatic rings. The predicted octanol–water partition coefficient (Wildman–Crippen LogP) is 5.01. The average Bonchev–Trinajstić information content (AvgIpc) is 2.72. The Morgan fingerprint density at radius 2 is 1.55 bits per heavy atom. The predicted molar refractivity (Wildman–Crippen MR) is 124 cm³/mol. The lowest BCUT2D eigenvalue weighted by molar-refractivity contribution is 0.0985. The minimum atomic E-state index is -3.73. The van der Waals surface area contributed by atoms with Gasteiger partial charge in [0, 0.05) is 23.5 Å². The second-order valence-corrected chi connectivity index (χ2v) is 9.88. The van der Waals surface area contributed by atoms with E-state index in [-0.39, 0.29) is 10.8 Å². The summed E-state index contributed by atoms with van der Waals surface area (Å²) in [4.78, 5) is 15.0. The van der Waals surface area contributed by atoms with Crippen molar-refractivity contribution in [2.75, 3.05) is 16.2 Å². The number of nitrogens with one attached hydrogen (secondary N) is 1. The molecule has 3 aromatic carbocycles. The normalized spacial score (nSPS) is 13.6. The minimum Gasteiger partial charge on any atom is -0.308 e. The van der Waals surface area contributed by atoms with Gasteiger partial charge in [-0.25, -0.2) is 8.42 Å². The van der Waals surface area contributed by atoms with Crippen LogP contribution in [0.15, 0.2) is 65.6 Å². The lowest BCUT2D eigenvalue weighted by Gasteiger charge is -2.30. The van der Waals surface area contributed by atoms with Crippen molar-refractivity contribution in [1.29, 1.82) is 0 Å². The van der Waals surface area contributed by atoms with Crippen LogP contribution < -0.4 is 9.62 Å². The average molecular weight is 435 g/mol. The SMILES string of the molecule is Cc1ccc(C(=O)N2CCCc3cc(S(=O)(=O)Nc4cc(C)cc(C)c4)ccc32)cc1. The first kappa shape index (κ1) is 21.1. The van der Waals surface area contributed by atoms with E-state index in [9.17, 15) is 13.2 Å². The molecule has 0 saturated heterocycles. The van der Waals surface area contributed by atoms with Crippen LogP contribution in [0.2, 0.25) is 0 Å². The fourth-order valence-corrected chi connectivity index (χ4v) is 5.14. The Hall–Kier alpha value is -3.12. The third kappa shape index (κ3) is 4.49. The molecule has 0 radical (unpaired) electrons. The maximum Gasteiger partial charge on any atom is 0.261 e. The lowest BCUT2D eigenvalue weighted by atomic mass is 10.0. The number of aryl methyl sites for hydroxylation is 4. The number of benzene rings is 3. The number of hydrogen-bond donors (Lipinski definition) is 1. The quantitative estimate of drug-likeness (QED) is 0.628. The number of sulfonamides is 1. The summed E-state index contributed by atoms with van der Waals surface area (Å²) in [6.07, 6.45) is 1.53. The summed E-state index contributed by atoms with van der Waals surface area (Å²) in [7, 11) is -3.73. The Morgan fingerprint density at radius 1 is 0.871 bits per heavy atom. The fraction of sp³-hybridized carbons (Fsp3) is 0.240. The molecular formula is C25H26N2O3S. The molecule has 1 aliphatic heterocycles. The number of amides is 1. The van der Waals surface area contributed by atoms with Crippen molar-refractivity contribution in [3.05, 3.63) is 88.5 Å². The first-order chi connectivity index (χ1) is 14.7. The Kier molecular flexibility index (Phi) is 5.58. The standard InChI is InChI=1S/C25H26N2O3S/c1-17-6-8-20(9-7-17)25(28)27-12-4-5-21-16-23(10-11-24(21)27)31(29,30)26-22-14-18(2)13-19(3)15-22/h6-11,13-16,26H,4-5,12H2,1-3H3. The Labute approximate surface area is 183 Å². The molecular weight excluding hydrogens is 408 g/mol. The largest absolute Gasteiger partial charge is 0.308 e. The monoisotopic (exact) mass is 434 g/mol. The van der Waals surface area contributed by atoms with E-state index in [2.05, 4.69) is 4.72 Å². The van der Waals surface area contributed by atoms with Crippen LogP contribution in [0, 0.1) is 20.8 Å². The summed E-state index contributed by atoms with van der Waals surface area (Å²) in [5, 5.41) is 0. The molecule has 1 heterocycles. The van der Waals surface area contributed by atoms with Gasteiger partial charge in [0.15, 0.2) is 0 Å². The maximum atomic E-state index is 13.1. The molecule has 0 spiro atoms. The van der Waals surface area contributed by atoms with Crippen molar-refractivity contribution in [1.82, 2.24) is 0 Å². The summed E-state index contributed by atoms with van der Waals surface area (Å²) < 4.78 is 28.7. The van der Waals surface area contributed by atoms with Crippen LogP contribution >= 0.6 is 0 Å². The summed E-state index contributed by atoms with van der Waals surface area (Å²) in [6, 6.07) is 18.1. The van der Waals surface area contributed by atoms with Crippen LogP contribution in [0.5, 0.6) is 0 Å². The molecule has 5 nitrogen and oxygen atoms in total. The van der Waals surface area contributed by atoms with Gasteiger partial charge in [0.05, 0.1) is 4.90 Å². The molecule has 31 heavy (non-hydrogen) atoms. The summed E-state index contributed by atoms with van der Waals surface area (Å²) in [5.41, 5.74) is 5.92. The van der Waals surface area contributed by atoms with Crippen LogP contribution in [0.3, 0.4) is 0 Å². The third-order valence-electron chi connectivity index (χ3n) is 5.50. The molecule has 4 rings (SSSR count). The third-order valence-corrected chi connectivity index (χ3v) is 6.88. The van der Waals surface area contributed by atoms with Gasteiger partial charge in [-0.2, -0.15) is 0 Å². The van der Waals surface area contributed by atoms with Gasteiger partial charge in [0.2, 0.25) is 0 Å². The lowest BCUT2D eigenvalue weighted by Crippen LogP contribution is -2.35. The number of carbonyl (C=O) groups is 1. The topological polar surface area (TPSA) is 66.5 Å². The van der Waals surface area contributed by atoms with E-state index in [1.165, 1.54) is 0 Å². The number of fused-ring (bicyclic) bond motifs is 1. The maximum absolute atomic E-state index is 13.1. The Morgan fingerprint density at radius 3 is 2.23 bits per heavy atom. The highest BCUT2D eigenvalue weighted by Gasteiger charge is 2.25. The van der Waals surface area contributed by atoms with Gasteiger partial charge in [-0.3, -0.25) is 9.52 Å². The van der Waals surface area contributed by atoms with Crippen molar-refractivity contribution in [3.63, 3.8) is 0 Å². The number of carbonyl (C=O) groups excluding carboxylic acids is 1. The molecule has 0 aromatic heterocycles. The molecule has 160 valence electrons. The summed E-state index contributed by atoms with van der Waals surface area (Å²) >= 11 is 0. The van der Waals surface area contributed by atoms with Crippen molar-refractivity contribution in [2.45, 2.75) is 38.5 Å². The molecule has 0 fully saturated rings. The first-order valence-electron chi connectivity index (χ1n) is 10.4. The molecule has 0 unspecified atom stereocenters. The Bertz CT molecular complexity index is 1230. The highest BCUT2D eigenvalue weighted by atomic mass is 32.2. The smallest absolute Gasteiger partial charge is 0.261 e. The molecule has 0 atom stereocenters. The second kappa shape index (κ2) is 8.19. The zero-order valence-electron chi connectivity index (χ0n) is 18.0. The van der Waals surface area contributed by atoms with Crippen molar-refractivity contribution in [2.24, 2.45) is 0 Å².